The van der Waals surface area contributed by atoms with Crippen LogP contribution in [0.25, 0.3) is 0 Å². The van der Waals surface area contributed by atoms with E-state index in [2.05, 4.69) is 6.92 Å². The fourth-order valence-electron chi connectivity index (χ4n) is 3.90. The molecule has 0 atom stereocenters. The van der Waals surface area contributed by atoms with Crippen LogP contribution in [0.4, 0.5) is 0 Å². The van der Waals surface area contributed by atoms with Crippen LogP contribution < -0.4 is 0 Å². The Kier molecular flexibility index (Phi) is 17.0. The molecule has 0 fully saturated rings. The Morgan fingerprint density at radius 3 is 1.00 bits per heavy atom. The van der Waals surface area contributed by atoms with Gasteiger partial charge in [0.15, 0.2) is 0 Å². The molecule has 13 heteroatoms. The zero-order valence-corrected chi connectivity index (χ0v) is 25.4. The van der Waals surface area contributed by atoms with Crippen molar-refractivity contribution in [1.82, 2.24) is 0 Å². The van der Waals surface area contributed by atoms with E-state index in [-0.39, 0.29) is 5.60 Å². The van der Waals surface area contributed by atoms with Gasteiger partial charge in [0, 0.05) is 88.7 Å². The van der Waals surface area contributed by atoms with E-state index >= 15 is 0 Å². The summed E-state index contributed by atoms with van der Waals surface area (Å²) in [6.45, 7) is 2.72. The molecule has 0 radical (unpaired) electrons. The molecule has 0 amide bonds. The van der Waals surface area contributed by atoms with E-state index in [1.165, 1.54) is 0 Å². The first-order valence-corrected chi connectivity index (χ1v) is 17.1. The molecular weight excluding hydrogens is 484 g/mol. The molecule has 33 heavy (non-hydrogen) atoms. The summed E-state index contributed by atoms with van der Waals surface area (Å²) < 4.78 is 56.4. The summed E-state index contributed by atoms with van der Waals surface area (Å²) in [7, 11) is 6.82. The molecule has 10 nitrogen and oxygen atoms in total. The van der Waals surface area contributed by atoms with Gasteiger partial charge in [-0.1, -0.05) is 0 Å². The predicted molar refractivity (Wildman–Crippen MR) is 132 cm³/mol. The van der Waals surface area contributed by atoms with E-state index in [0.717, 1.165) is 44.2 Å². The molecule has 0 aromatic carbocycles. The van der Waals surface area contributed by atoms with E-state index in [1.54, 1.807) is 64.0 Å². The lowest BCUT2D eigenvalue weighted by Gasteiger charge is -2.33. The molecule has 0 saturated heterocycles. The highest BCUT2D eigenvalue weighted by Gasteiger charge is 2.41. The first-order valence-electron chi connectivity index (χ1n) is 11.3. The maximum Gasteiger partial charge on any atom is 0.500 e. The molecule has 0 aliphatic carbocycles. The Labute approximate surface area is 204 Å². The first-order chi connectivity index (χ1) is 15.7. The van der Waals surface area contributed by atoms with Crippen molar-refractivity contribution in [2.24, 2.45) is 0 Å². The number of rotatable bonds is 22. The Morgan fingerprint density at radius 2 is 0.727 bits per heavy atom. The fraction of sp³-hybridized carbons (Fsp3) is 1.00. The van der Waals surface area contributed by atoms with Gasteiger partial charge in [0.05, 0.1) is 5.60 Å². The van der Waals surface area contributed by atoms with Crippen molar-refractivity contribution in [3.05, 3.63) is 0 Å². The SMILES string of the molecule is CO[Si](CCCOC(C)(CCC[Si](OC)(OC)OC)CCC[Si](OC)(OC)OC)(OC)OC. The predicted octanol–water partition coefficient (Wildman–Crippen LogP) is 3.35. The van der Waals surface area contributed by atoms with Crippen LogP contribution in [0.2, 0.25) is 18.1 Å². The zero-order chi connectivity index (χ0) is 25.4. The Morgan fingerprint density at radius 1 is 0.455 bits per heavy atom. The summed E-state index contributed by atoms with van der Waals surface area (Å²) in [6.07, 6.45) is 4.15. The van der Waals surface area contributed by atoms with Crippen LogP contribution in [-0.4, -0.2) is 103 Å². The van der Waals surface area contributed by atoms with Crippen molar-refractivity contribution < 1.29 is 44.6 Å². The molecule has 0 unspecified atom stereocenters. The smallest absolute Gasteiger partial charge is 0.377 e. The monoisotopic (exact) mass is 532 g/mol. The van der Waals surface area contributed by atoms with E-state index in [4.69, 9.17) is 44.6 Å². The highest BCUT2D eigenvalue weighted by atomic mass is 28.4. The van der Waals surface area contributed by atoms with E-state index in [1.807, 2.05) is 0 Å². The van der Waals surface area contributed by atoms with Gasteiger partial charge in [-0.25, -0.2) is 0 Å². The summed E-state index contributed by atoms with van der Waals surface area (Å²) in [5.41, 5.74) is -0.345. The van der Waals surface area contributed by atoms with Gasteiger partial charge < -0.3 is 44.6 Å². The molecule has 0 aliphatic rings. The Bertz CT molecular complexity index is 438. The van der Waals surface area contributed by atoms with Crippen LogP contribution in [0.1, 0.15) is 39.0 Å². The second-order valence-electron chi connectivity index (χ2n) is 8.00. The van der Waals surface area contributed by atoms with Crippen LogP contribution >= 0.6 is 0 Å². The van der Waals surface area contributed by atoms with Crippen LogP contribution in [-0.2, 0) is 44.6 Å². The average Bonchev–Trinajstić information content (AvgIpc) is 2.86. The molecule has 0 N–H and O–H groups in total. The second kappa shape index (κ2) is 16.8. The van der Waals surface area contributed by atoms with Crippen LogP contribution in [0.15, 0.2) is 0 Å². The van der Waals surface area contributed by atoms with E-state index in [0.29, 0.717) is 12.7 Å². The lowest BCUT2D eigenvalue weighted by molar-refractivity contribution is -0.0466. The van der Waals surface area contributed by atoms with Crippen molar-refractivity contribution in [3.63, 3.8) is 0 Å². The van der Waals surface area contributed by atoms with Gasteiger partial charge in [-0.05, 0) is 39.0 Å². The summed E-state index contributed by atoms with van der Waals surface area (Å²) in [6, 6.07) is 2.12. The highest BCUT2D eigenvalue weighted by molar-refractivity contribution is 6.61. The number of hydrogen-bond acceptors (Lipinski definition) is 10. The molecule has 0 saturated carbocycles. The van der Waals surface area contributed by atoms with Crippen molar-refractivity contribution >= 4 is 26.4 Å². The molecular formula is C20H48O10Si3. The minimum atomic E-state index is -2.63. The number of hydrogen-bond donors (Lipinski definition) is 0. The fourth-order valence-corrected chi connectivity index (χ4v) is 9.04. The lowest BCUT2D eigenvalue weighted by atomic mass is 9.94. The van der Waals surface area contributed by atoms with E-state index in [9.17, 15) is 0 Å². The lowest BCUT2D eigenvalue weighted by Crippen LogP contribution is -2.44. The molecule has 0 rings (SSSR count). The number of ether oxygens (including phenoxy) is 1. The van der Waals surface area contributed by atoms with Gasteiger partial charge in [-0.3, -0.25) is 0 Å². The standard InChI is InChI=1S/C20H48O10Si3/c1-20(14-11-17-31(21-2,22-3)23-4,15-12-18-32(24-5,25-6)26-7)30-16-13-19-33(27-8,28-9)29-10/h11-19H2,1-10H3. The van der Waals surface area contributed by atoms with Crippen molar-refractivity contribution in [3.8, 4) is 0 Å². The van der Waals surface area contributed by atoms with Crippen LogP contribution in [0.5, 0.6) is 0 Å². The van der Waals surface area contributed by atoms with Crippen LogP contribution in [0, 0.1) is 0 Å². The van der Waals surface area contributed by atoms with Gasteiger partial charge in [-0.2, -0.15) is 0 Å². The van der Waals surface area contributed by atoms with Gasteiger partial charge >= 0.3 is 26.4 Å². The van der Waals surface area contributed by atoms with Gasteiger partial charge in [-0.15, -0.1) is 0 Å². The first kappa shape index (κ1) is 33.3. The summed E-state index contributed by atoms with van der Waals surface area (Å²) >= 11 is 0. The minimum Gasteiger partial charge on any atom is -0.377 e. The molecule has 0 spiro atoms. The largest absolute Gasteiger partial charge is 0.500 e. The molecule has 0 aromatic rings. The van der Waals surface area contributed by atoms with Crippen molar-refractivity contribution in [1.29, 1.82) is 0 Å². The summed E-state index contributed by atoms with van der Waals surface area (Å²) in [5.74, 6) is 0. The Hall–Kier alpha value is 0.251. The zero-order valence-electron chi connectivity index (χ0n) is 22.4. The molecule has 0 heterocycles. The topological polar surface area (TPSA) is 92.3 Å². The quantitative estimate of drug-likeness (QED) is 0.153. The highest BCUT2D eigenvalue weighted by Crippen LogP contribution is 2.30. The summed E-state index contributed by atoms with van der Waals surface area (Å²) in [4.78, 5) is 0. The molecule has 200 valence electrons. The van der Waals surface area contributed by atoms with E-state index < -0.39 is 26.4 Å². The van der Waals surface area contributed by atoms with Gasteiger partial charge in [0.25, 0.3) is 0 Å². The molecule has 0 bridgehead atoms. The minimum absolute atomic E-state index is 0.345. The average molecular weight is 533 g/mol. The Balaban J connectivity index is 5.09. The third kappa shape index (κ3) is 10.8. The molecule has 0 aliphatic heterocycles. The third-order valence-corrected chi connectivity index (χ3v) is 14.7. The maximum atomic E-state index is 6.43. The normalized spacial score (nSPS) is 13.6. The van der Waals surface area contributed by atoms with Crippen molar-refractivity contribution in [2.75, 3.05) is 70.6 Å². The van der Waals surface area contributed by atoms with Crippen LogP contribution in [0.3, 0.4) is 0 Å². The summed E-state index contributed by atoms with van der Waals surface area (Å²) in [5, 5.41) is 0. The van der Waals surface area contributed by atoms with Crippen molar-refractivity contribution in [2.45, 2.75) is 62.8 Å². The second-order valence-corrected chi connectivity index (χ2v) is 17.3. The van der Waals surface area contributed by atoms with Gasteiger partial charge in [0.1, 0.15) is 0 Å². The molecule has 0 aromatic heterocycles. The maximum absolute atomic E-state index is 6.43. The third-order valence-electron chi connectivity index (χ3n) is 6.25. The van der Waals surface area contributed by atoms with Gasteiger partial charge in [0.2, 0.25) is 0 Å².